The van der Waals surface area contributed by atoms with Gasteiger partial charge in [-0.3, -0.25) is 0 Å². The van der Waals surface area contributed by atoms with Crippen LogP contribution in [0.2, 0.25) is 0 Å². The molecule has 1 aromatic heterocycles. The first-order chi connectivity index (χ1) is 5.92. The molecule has 0 aliphatic carbocycles. The molecule has 0 amide bonds. The smallest absolute Gasteiger partial charge is 0.0676 e. The van der Waals surface area contributed by atoms with Crippen LogP contribution in [0.25, 0.3) is 0 Å². The van der Waals surface area contributed by atoms with Crippen molar-refractivity contribution in [1.29, 1.82) is 5.26 Å². The first-order valence-corrected chi connectivity index (χ1v) is 4.98. The second-order valence-electron chi connectivity index (χ2n) is 3.06. The van der Waals surface area contributed by atoms with Gasteiger partial charge in [-0.2, -0.15) is 16.6 Å². The summed E-state index contributed by atoms with van der Waals surface area (Å²) in [6.45, 7) is 1.80. The zero-order valence-corrected chi connectivity index (χ0v) is 7.47. The fraction of sp³-hybridized carbons (Fsp3) is 0.444. The molecule has 1 fully saturated rings. The molecule has 0 radical (unpaired) electrons. The Labute approximate surface area is 75.8 Å². The Morgan fingerprint density at radius 3 is 3.17 bits per heavy atom. The largest absolute Gasteiger partial charge is 0.315 e. The molecule has 2 atom stereocenters. The molecule has 0 bridgehead atoms. The fourth-order valence-corrected chi connectivity index (χ4v) is 2.38. The van der Waals surface area contributed by atoms with E-state index < -0.39 is 0 Å². The van der Waals surface area contributed by atoms with Crippen LogP contribution in [0.1, 0.15) is 11.5 Å². The Bertz CT molecular complexity index is 286. The quantitative estimate of drug-likeness (QED) is 0.708. The second kappa shape index (κ2) is 3.26. The molecule has 1 aliphatic rings. The van der Waals surface area contributed by atoms with Gasteiger partial charge in [0.1, 0.15) is 0 Å². The van der Waals surface area contributed by atoms with Gasteiger partial charge in [0.25, 0.3) is 0 Å². The highest BCUT2D eigenvalue weighted by Crippen LogP contribution is 2.28. The molecule has 1 N–H and O–H groups in total. The van der Waals surface area contributed by atoms with Crippen LogP contribution < -0.4 is 5.32 Å². The van der Waals surface area contributed by atoms with Crippen molar-refractivity contribution in [2.24, 2.45) is 5.92 Å². The lowest BCUT2D eigenvalue weighted by molar-refractivity contribution is 0.648. The van der Waals surface area contributed by atoms with Crippen molar-refractivity contribution in [2.75, 3.05) is 13.1 Å². The normalized spacial score (nSPS) is 28.6. The van der Waals surface area contributed by atoms with E-state index in [0.717, 1.165) is 13.1 Å². The SMILES string of the molecule is N#C[C@H]1CNC[C@@H]1c1ccsc1. The fourth-order valence-electron chi connectivity index (χ4n) is 1.65. The molecule has 3 heteroatoms. The summed E-state index contributed by atoms with van der Waals surface area (Å²) in [5.74, 6) is 0.584. The van der Waals surface area contributed by atoms with Gasteiger partial charge < -0.3 is 5.32 Å². The Morgan fingerprint density at radius 1 is 1.58 bits per heavy atom. The van der Waals surface area contributed by atoms with E-state index in [1.807, 2.05) is 0 Å². The van der Waals surface area contributed by atoms with Crippen molar-refractivity contribution in [3.63, 3.8) is 0 Å². The van der Waals surface area contributed by atoms with Gasteiger partial charge in [0.15, 0.2) is 0 Å². The molecule has 2 nitrogen and oxygen atoms in total. The van der Waals surface area contributed by atoms with E-state index >= 15 is 0 Å². The Balaban J connectivity index is 2.20. The highest BCUT2D eigenvalue weighted by molar-refractivity contribution is 7.07. The first kappa shape index (κ1) is 7.78. The minimum Gasteiger partial charge on any atom is -0.315 e. The maximum atomic E-state index is 8.85. The van der Waals surface area contributed by atoms with E-state index in [0.29, 0.717) is 5.92 Å². The van der Waals surface area contributed by atoms with E-state index in [4.69, 9.17) is 5.26 Å². The van der Waals surface area contributed by atoms with Crippen LogP contribution in [0.5, 0.6) is 0 Å². The molecule has 1 aromatic rings. The summed E-state index contributed by atoms with van der Waals surface area (Å²) in [6, 6.07) is 4.46. The van der Waals surface area contributed by atoms with E-state index in [1.54, 1.807) is 11.3 Å². The molecule has 0 spiro atoms. The molecule has 0 aromatic carbocycles. The van der Waals surface area contributed by atoms with Gasteiger partial charge in [0.2, 0.25) is 0 Å². The predicted octanol–water partition coefficient (Wildman–Crippen LogP) is 1.57. The van der Waals surface area contributed by atoms with Crippen molar-refractivity contribution >= 4 is 11.3 Å². The van der Waals surface area contributed by atoms with Crippen molar-refractivity contribution in [3.05, 3.63) is 22.4 Å². The van der Waals surface area contributed by atoms with Crippen LogP contribution in [-0.2, 0) is 0 Å². The summed E-state index contributed by atoms with van der Waals surface area (Å²) in [5, 5.41) is 16.3. The molecule has 62 valence electrons. The lowest BCUT2D eigenvalue weighted by atomic mass is 9.92. The van der Waals surface area contributed by atoms with Gasteiger partial charge in [-0.05, 0) is 22.4 Å². The Morgan fingerprint density at radius 2 is 2.50 bits per heavy atom. The summed E-state index contributed by atoms with van der Waals surface area (Å²) >= 11 is 1.70. The summed E-state index contributed by atoms with van der Waals surface area (Å²) in [6.07, 6.45) is 0. The summed E-state index contributed by atoms with van der Waals surface area (Å²) < 4.78 is 0. The van der Waals surface area contributed by atoms with Crippen LogP contribution in [0.4, 0.5) is 0 Å². The molecular weight excluding hydrogens is 168 g/mol. The minimum atomic E-state index is 0.166. The number of nitrogens with one attached hydrogen (secondary N) is 1. The predicted molar refractivity (Wildman–Crippen MR) is 49.0 cm³/mol. The second-order valence-corrected chi connectivity index (χ2v) is 3.84. The van der Waals surface area contributed by atoms with Crippen LogP contribution in [0.15, 0.2) is 16.8 Å². The zero-order valence-electron chi connectivity index (χ0n) is 6.66. The third kappa shape index (κ3) is 1.24. The highest BCUT2D eigenvalue weighted by atomic mass is 32.1. The molecule has 1 aliphatic heterocycles. The maximum absolute atomic E-state index is 8.85. The maximum Gasteiger partial charge on any atom is 0.0676 e. The van der Waals surface area contributed by atoms with E-state index in [-0.39, 0.29) is 5.92 Å². The van der Waals surface area contributed by atoms with E-state index in [1.165, 1.54) is 5.56 Å². The van der Waals surface area contributed by atoms with Gasteiger partial charge in [0, 0.05) is 19.0 Å². The molecule has 0 unspecified atom stereocenters. The van der Waals surface area contributed by atoms with Crippen LogP contribution in [0.3, 0.4) is 0 Å². The minimum absolute atomic E-state index is 0.166. The van der Waals surface area contributed by atoms with Crippen molar-refractivity contribution in [3.8, 4) is 6.07 Å². The number of hydrogen-bond acceptors (Lipinski definition) is 3. The lowest BCUT2D eigenvalue weighted by Crippen LogP contribution is -2.07. The third-order valence-corrected chi connectivity index (χ3v) is 3.05. The average Bonchev–Trinajstić information content (AvgIpc) is 2.74. The van der Waals surface area contributed by atoms with E-state index in [9.17, 15) is 0 Å². The van der Waals surface area contributed by atoms with Gasteiger partial charge in [-0.25, -0.2) is 0 Å². The van der Waals surface area contributed by atoms with Crippen LogP contribution >= 0.6 is 11.3 Å². The standard InChI is InChI=1S/C9H10N2S/c10-3-8-4-11-5-9(8)7-1-2-12-6-7/h1-2,6,8-9,11H,4-5H2/t8-,9+/m0/s1. The summed E-state index contributed by atoms with van der Waals surface area (Å²) in [7, 11) is 0. The van der Waals surface area contributed by atoms with Crippen molar-refractivity contribution < 1.29 is 0 Å². The lowest BCUT2D eigenvalue weighted by Gasteiger charge is -2.08. The molecular formula is C9H10N2S. The number of hydrogen-bond donors (Lipinski definition) is 1. The van der Waals surface area contributed by atoms with Gasteiger partial charge in [-0.15, -0.1) is 0 Å². The van der Waals surface area contributed by atoms with Crippen LogP contribution in [0, 0.1) is 17.2 Å². The Kier molecular flexibility index (Phi) is 2.11. The number of rotatable bonds is 1. The van der Waals surface area contributed by atoms with Gasteiger partial charge >= 0.3 is 0 Å². The molecule has 1 saturated heterocycles. The molecule has 12 heavy (non-hydrogen) atoms. The Hall–Kier alpha value is -0.850. The molecule has 0 saturated carbocycles. The number of thiophene rings is 1. The monoisotopic (exact) mass is 178 g/mol. The van der Waals surface area contributed by atoms with Crippen molar-refractivity contribution in [2.45, 2.75) is 5.92 Å². The summed E-state index contributed by atoms with van der Waals surface area (Å²) in [4.78, 5) is 0. The third-order valence-electron chi connectivity index (χ3n) is 2.35. The van der Waals surface area contributed by atoms with Crippen molar-refractivity contribution in [1.82, 2.24) is 5.32 Å². The van der Waals surface area contributed by atoms with Gasteiger partial charge in [0.05, 0.1) is 12.0 Å². The molecule has 2 rings (SSSR count). The number of nitriles is 1. The highest BCUT2D eigenvalue weighted by Gasteiger charge is 2.28. The topological polar surface area (TPSA) is 35.8 Å². The average molecular weight is 178 g/mol. The van der Waals surface area contributed by atoms with E-state index in [2.05, 4.69) is 28.2 Å². The zero-order chi connectivity index (χ0) is 8.39. The molecule has 2 heterocycles. The number of nitrogens with zero attached hydrogens (tertiary/aromatic N) is 1. The van der Waals surface area contributed by atoms with Gasteiger partial charge in [-0.1, -0.05) is 0 Å². The first-order valence-electron chi connectivity index (χ1n) is 4.04. The van der Waals surface area contributed by atoms with Crippen LogP contribution in [-0.4, -0.2) is 13.1 Å². The summed E-state index contributed by atoms with van der Waals surface area (Å²) in [5.41, 5.74) is 1.32.